The van der Waals surface area contributed by atoms with Crippen molar-refractivity contribution in [3.05, 3.63) is 29.6 Å². The van der Waals surface area contributed by atoms with Crippen LogP contribution in [0.25, 0.3) is 0 Å². The monoisotopic (exact) mass is 290 g/mol. The lowest BCUT2D eigenvalue weighted by atomic mass is 9.86. The molecule has 20 heavy (non-hydrogen) atoms. The maximum Gasteiger partial charge on any atom is 0.418 e. The van der Waals surface area contributed by atoms with Crippen LogP contribution in [-0.4, -0.2) is 34.7 Å². The van der Waals surface area contributed by atoms with Gasteiger partial charge in [-0.3, -0.25) is 9.88 Å². The highest BCUT2D eigenvalue weighted by molar-refractivity contribution is 5.23. The van der Waals surface area contributed by atoms with E-state index in [0.29, 0.717) is 0 Å². The summed E-state index contributed by atoms with van der Waals surface area (Å²) in [5, 5.41) is 9.45. The van der Waals surface area contributed by atoms with Crippen LogP contribution in [0.15, 0.2) is 18.3 Å². The van der Waals surface area contributed by atoms with Crippen molar-refractivity contribution in [2.45, 2.75) is 39.5 Å². The zero-order chi connectivity index (χ0) is 15.6. The van der Waals surface area contributed by atoms with E-state index < -0.39 is 11.7 Å². The third-order valence-corrected chi connectivity index (χ3v) is 3.30. The Morgan fingerprint density at radius 1 is 1.30 bits per heavy atom. The molecule has 0 radical (unpaired) electrons. The van der Waals surface area contributed by atoms with Crippen LogP contribution in [0.5, 0.6) is 0 Å². The Balaban J connectivity index is 2.99. The van der Waals surface area contributed by atoms with E-state index in [9.17, 15) is 18.3 Å². The molecular formula is C14H21F3N2O. The van der Waals surface area contributed by atoms with Crippen LogP contribution in [-0.2, 0) is 12.7 Å². The van der Waals surface area contributed by atoms with Crippen LogP contribution in [0.3, 0.4) is 0 Å². The molecule has 1 aromatic rings. The van der Waals surface area contributed by atoms with Gasteiger partial charge < -0.3 is 5.11 Å². The van der Waals surface area contributed by atoms with Gasteiger partial charge in [0.15, 0.2) is 0 Å². The molecule has 1 atom stereocenters. The molecule has 6 heteroatoms. The van der Waals surface area contributed by atoms with Crippen LogP contribution in [0.1, 0.15) is 32.0 Å². The van der Waals surface area contributed by atoms with Gasteiger partial charge in [-0.05, 0) is 24.6 Å². The molecule has 0 fully saturated rings. The quantitative estimate of drug-likeness (QED) is 0.926. The molecule has 0 aliphatic carbocycles. The van der Waals surface area contributed by atoms with E-state index in [1.807, 2.05) is 20.8 Å². The summed E-state index contributed by atoms with van der Waals surface area (Å²) >= 11 is 0. The van der Waals surface area contributed by atoms with Gasteiger partial charge in [0, 0.05) is 18.8 Å². The van der Waals surface area contributed by atoms with Gasteiger partial charge in [0.25, 0.3) is 0 Å². The number of alkyl halides is 3. The minimum Gasteiger partial charge on any atom is -0.395 e. The Kier molecular flexibility index (Phi) is 5.15. The van der Waals surface area contributed by atoms with Crippen LogP contribution < -0.4 is 0 Å². The Labute approximate surface area is 117 Å². The summed E-state index contributed by atoms with van der Waals surface area (Å²) in [7, 11) is 1.70. The van der Waals surface area contributed by atoms with Gasteiger partial charge >= 0.3 is 6.18 Å². The third-order valence-electron chi connectivity index (χ3n) is 3.30. The number of pyridine rings is 1. The second kappa shape index (κ2) is 6.10. The van der Waals surface area contributed by atoms with E-state index in [1.165, 1.54) is 12.3 Å². The number of aliphatic hydroxyl groups is 1. The first-order valence-electron chi connectivity index (χ1n) is 6.39. The molecule has 1 unspecified atom stereocenters. The number of hydrogen-bond acceptors (Lipinski definition) is 3. The van der Waals surface area contributed by atoms with Gasteiger partial charge in [0.1, 0.15) is 0 Å². The Morgan fingerprint density at radius 2 is 1.90 bits per heavy atom. The summed E-state index contributed by atoms with van der Waals surface area (Å²) in [5.41, 5.74) is -0.987. The number of aliphatic hydroxyl groups excluding tert-OH is 1. The second-order valence-corrected chi connectivity index (χ2v) is 5.97. The van der Waals surface area contributed by atoms with Crippen molar-refractivity contribution < 1.29 is 18.3 Å². The van der Waals surface area contributed by atoms with E-state index in [1.54, 1.807) is 11.9 Å². The molecule has 3 nitrogen and oxygen atoms in total. The third kappa shape index (κ3) is 4.18. The van der Waals surface area contributed by atoms with E-state index in [0.717, 1.165) is 6.07 Å². The lowest BCUT2D eigenvalue weighted by Crippen LogP contribution is -2.44. The molecule has 0 spiro atoms. The molecule has 0 saturated carbocycles. The zero-order valence-electron chi connectivity index (χ0n) is 12.2. The summed E-state index contributed by atoms with van der Waals surface area (Å²) in [6.45, 7) is 5.74. The number of hydrogen-bond donors (Lipinski definition) is 1. The van der Waals surface area contributed by atoms with Crippen molar-refractivity contribution in [3.8, 4) is 0 Å². The summed E-state index contributed by atoms with van der Waals surface area (Å²) in [5.74, 6) is 0. The Bertz CT molecular complexity index is 441. The molecule has 0 bridgehead atoms. The van der Waals surface area contributed by atoms with Crippen molar-refractivity contribution in [2.24, 2.45) is 5.41 Å². The fraction of sp³-hybridized carbons (Fsp3) is 0.643. The maximum absolute atomic E-state index is 12.9. The predicted molar refractivity (Wildman–Crippen MR) is 71.0 cm³/mol. The van der Waals surface area contributed by atoms with Crippen molar-refractivity contribution in [1.29, 1.82) is 0 Å². The largest absolute Gasteiger partial charge is 0.418 e. The van der Waals surface area contributed by atoms with E-state index in [4.69, 9.17) is 0 Å². The second-order valence-electron chi connectivity index (χ2n) is 5.97. The molecular weight excluding hydrogens is 269 g/mol. The van der Waals surface area contributed by atoms with Gasteiger partial charge in [-0.1, -0.05) is 20.8 Å². The van der Waals surface area contributed by atoms with E-state index in [-0.39, 0.29) is 30.3 Å². The molecule has 1 heterocycles. The topological polar surface area (TPSA) is 36.4 Å². The van der Waals surface area contributed by atoms with Gasteiger partial charge in [0.2, 0.25) is 0 Å². The molecule has 0 aliphatic rings. The highest BCUT2D eigenvalue weighted by Crippen LogP contribution is 2.32. The molecule has 114 valence electrons. The zero-order valence-corrected chi connectivity index (χ0v) is 12.2. The maximum atomic E-state index is 12.9. The molecule has 0 aliphatic heterocycles. The van der Waals surface area contributed by atoms with Crippen LogP contribution in [0.4, 0.5) is 13.2 Å². The highest BCUT2D eigenvalue weighted by atomic mass is 19.4. The van der Waals surface area contributed by atoms with Crippen molar-refractivity contribution in [1.82, 2.24) is 9.88 Å². The lowest BCUT2D eigenvalue weighted by Gasteiger charge is -2.36. The van der Waals surface area contributed by atoms with E-state index in [2.05, 4.69) is 4.98 Å². The van der Waals surface area contributed by atoms with Crippen LogP contribution in [0.2, 0.25) is 0 Å². The molecule has 1 N–H and O–H groups in total. The number of nitrogens with zero attached hydrogens (tertiary/aromatic N) is 2. The van der Waals surface area contributed by atoms with Crippen LogP contribution in [0, 0.1) is 5.41 Å². The minimum atomic E-state index is -4.42. The number of rotatable bonds is 4. The summed E-state index contributed by atoms with van der Waals surface area (Å²) < 4.78 is 38.7. The normalized spacial score (nSPS) is 14.7. The summed E-state index contributed by atoms with van der Waals surface area (Å²) in [4.78, 5) is 5.55. The molecule has 0 amide bonds. The minimum absolute atomic E-state index is 0.0230. The van der Waals surface area contributed by atoms with Gasteiger partial charge in [-0.15, -0.1) is 0 Å². The van der Waals surface area contributed by atoms with Gasteiger partial charge in [-0.25, -0.2) is 0 Å². The van der Waals surface area contributed by atoms with Gasteiger partial charge in [-0.2, -0.15) is 13.2 Å². The first-order chi connectivity index (χ1) is 9.07. The average molecular weight is 290 g/mol. The van der Waals surface area contributed by atoms with E-state index >= 15 is 0 Å². The Hall–Kier alpha value is -1.14. The van der Waals surface area contributed by atoms with Crippen molar-refractivity contribution >= 4 is 0 Å². The number of halogens is 3. The summed E-state index contributed by atoms with van der Waals surface area (Å²) in [6.07, 6.45) is -3.07. The van der Waals surface area contributed by atoms with Crippen molar-refractivity contribution in [2.75, 3.05) is 13.7 Å². The molecule has 1 rings (SSSR count). The standard InChI is InChI=1S/C14H21F3N2O/c1-13(2,3)12(9-20)19(4)8-11-10(14(15,16)17)6-5-7-18-11/h5-7,12,20H,8-9H2,1-4H3. The van der Waals surface area contributed by atoms with Crippen LogP contribution >= 0.6 is 0 Å². The number of likely N-dealkylation sites (N-methyl/N-ethyl adjacent to an activating group) is 1. The fourth-order valence-corrected chi connectivity index (χ4v) is 2.24. The lowest BCUT2D eigenvalue weighted by molar-refractivity contribution is -0.138. The molecule has 0 aromatic carbocycles. The predicted octanol–water partition coefficient (Wildman–Crippen LogP) is 2.94. The molecule has 1 aromatic heterocycles. The highest BCUT2D eigenvalue weighted by Gasteiger charge is 2.35. The Morgan fingerprint density at radius 3 is 2.35 bits per heavy atom. The number of aromatic nitrogens is 1. The SMILES string of the molecule is CN(Cc1ncccc1C(F)(F)F)C(CO)C(C)(C)C. The average Bonchev–Trinajstić information content (AvgIpc) is 2.26. The fourth-order valence-electron chi connectivity index (χ4n) is 2.24. The summed E-state index contributed by atoms with van der Waals surface area (Å²) in [6, 6.07) is 2.06. The first kappa shape index (κ1) is 16.9. The molecule has 0 saturated heterocycles. The smallest absolute Gasteiger partial charge is 0.395 e. The van der Waals surface area contributed by atoms with Gasteiger partial charge in [0.05, 0.1) is 17.9 Å². The van der Waals surface area contributed by atoms with Crippen molar-refractivity contribution in [3.63, 3.8) is 0 Å². The first-order valence-corrected chi connectivity index (χ1v) is 6.39.